The van der Waals surface area contributed by atoms with Crippen molar-refractivity contribution in [3.8, 4) is 0 Å². The first-order valence-electron chi connectivity index (χ1n) is 5.26. The van der Waals surface area contributed by atoms with Crippen LogP contribution in [0.2, 0.25) is 0 Å². The van der Waals surface area contributed by atoms with Gasteiger partial charge in [0.15, 0.2) is 0 Å². The fraction of sp³-hybridized carbons (Fsp3) is 0.455. The van der Waals surface area contributed by atoms with Crippen LogP contribution in [-0.2, 0) is 10.0 Å². The van der Waals surface area contributed by atoms with E-state index in [4.69, 9.17) is 10.2 Å². The minimum atomic E-state index is -4.01. The Hall–Kier alpha value is -1.02. The average Bonchev–Trinajstić information content (AvgIpc) is 2.31. The number of aliphatic hydroxyl groups is 2. The molecule has 0 saturated heterocycles. The van der Waals surface area contributed by atoms with E-state index in [1.807, 2.05) is 0 Å². The third kappa shape index (κ3) is 3.26. The van der Waals surface area contributed by atoms with Crippen LogP contribution in [0.15, 0.2) is 23.1 Å². The Morgan fingerprint density at radius 2 is 1.89 bits per heavy atom. The van der Waals surface area contributed by atoms with Gasteiger partial charge in [0.1, 0.15) is 5.82 Å². The van der Waals surface area contributed by atoms with Crippen molar-refractivity contribution in [2.24, 2.45) is 0 Å². The molecule has 0 aromatic heterocycles. The highest BCUT2D eigenvalue weighted by molar-refractivity contribution is 7.89. The van der Waals surface area contributed by atoms with E-state index in [1.54, 1.807) is 0 Å². The van der Waals surface area contributed by atoms with Gasteiger partial charge in [0.05, 0.1) is 23.6 Å². The smallest absolute Gasteiger partial charge is 0.241 e. The summed E-state index contributed by atoms with van der Waals surface area (Å²) < 4.78 is 39.3. The number of benzene rings is 1. The molecule has 0 atom stereocenters. The highest BCUT2D eigenvalue weighted by Gasteiger charge is 2.30. The van der Waals surface area contributed by atoms with Crippen LogP contribution in [0.3, 0.4) is 0 Å². The van der Waals surface area contributed by atoms with E-state index in [-0.39, 0.29) is 4.90 Å². The monoisotopic (exact) mass is 277 g/mol. The van der Waals surface area contributed by atoms with Crippen LogP contribution in [0, 0.1) is 12.7 Å². The molecule has 1 aromatic rings. The second kappa shape index (κ2) is 5.31. The van der Waals surface area contributed by atoms with Crippen LogP contribution in [0.4, 0.5) is 4.39 Å². The fourth-order valence-electron chi connectivity index (χ4n) is 1.36. The van der Waals surface area contributed by atoms with Crippen molar-refractivity contribution in [2.75, 3.05) is 13.2 Å². The van der Waals surface area contributed by atoms with Crippen molar-refractivity contribution >= 4 is 10.0 Å². The molecule has 0 amide bonds. The van der Waals surface area contributed by atoms with Crippen LogP contribution < -0.4 is 4.72 Å². The zero-order chi connectivity index (χ0) is 14.0. The van der Waals surface area contributed by atoms with Crippen molar-refractivity contribution in [3.05, 3.63) is 29.6 Å². The lowest BCUT2D eigenvalue weighted by atomic mass is 10.1. The van der Waals surface area contributed by atoms with E-state index in [1.165, 1.54) is 19.9 Å². The maximum atomic E-state index is 13.1. The standard InChI is InChI=1S/C11H16FNO4S/c1-8-3-4-9(12)5-10(8)18(16,17)13-11(2,6-14)7-15/h3-5,13-15H,6-7H2,1-2H3. The van der Waals surface area contributed by atoms with E-state index in [2.05, 4.69) is 4.72 Å². The number of halogens is 1. The third-order valence-corrected chi connectivity index (χ3v) is 4.30. The Labute approximate surface area is 105 Å². The summed E-state index contributed by atoms with van der Waals surface area (Å²) in [4.78, 5) is -0.212. The van der Waals surface area contributed by atoms with Crippen LogP contribution >= 0.6 is 0 Å². The van der Waals surface area contributed by atoms with Crippen molar-refractivity contribution in [1.29, 1.82) is 0 Å². The highest BCUT2D eigenvalue weighted by Crippen LogP contribution is 2.18. The topological polar surface area (TPSA) is 86.6 Å². The molecule has 0 unspecified atom stereocenters. The molecule has 0 spiro atoms. The first-order chi connectivity index (χ1) is 8.24. The lowest BCUT2D eigenvalue weighted by Crippen LogP contribution is -2.51. The Morgan fingerprint density at radius 1 is 1.33 bits per heavy atom. The molecule has 0 saturated carbocycles. The van der Waals surface area contributed by atoms with E-state index in [9.17, 15) is 12.8 Å². The zero-order valence-corrected chi connectivity index (χ0v) is 11.0. The number of sulfonamides is 1. The Bertz CT molecular complexity index is 526. The summed E-state index contributed by atoms with van der Waals surface area (Å²) in [5.74, 6) is -0.671. The van der Waals surface area contributed by atoms with Crippen LogP contribution in [0.5, 0.6) is 0 Å². The number of aryl methyl sites for hydroxylation is 1. The third-order valence-electron chi connectivity index (χ3n) is 2.52. The first-order valence-corrected chi connectivity index (χ1v) is 6.74. The summed E-state index contributed by atoms with van der Waals surface area (Å²) in [5.41, 5.74) is -1.01. The average molecular weight is 277 g/mol. The summed E-state index contributed by atoms with van der Waals surface area (Å²) >= 11 is 0. The van der Waals surface area contributed by atoms with Crippen LogP contribution in [-0.4, -0.2) is 37.4 Å². The van der Waals surface area contributed by atoms with Gasteiger partial charge in [0.2, 0.25) is 10.0 Å². The van der Waals surface area contributed by atoms with Gasteiger partial charge in [-0.15, -0.1) is 0 Å². The molecule has 0 fully saturated rings. The summed E-state index contributed by atoms with van der Waals surface area (Å²) in [6.45, 7) is 1.73. The van der Waals surface area contributed by atoms with Crippen LogP contribution in [0.25, 0.3) is 0 Å². The van der Waals surface area contributed by atoms with Gasteiger partial charge in [-0.3, -0.25) is 0 Å². The van der Waals surface area contributed by atoms with Crippen molar-refractivity contribution < 1.29 is 23.0 Å². The quantitative estimate of drug-likeness (QED) is 0.715. The molecule has 0 radical (unpaired) electrons. The predicted octanol–water partition coefficient (Wildman–Crippen LogP) is 0.156. The van der Waals surface area contributed by atoms with Gasteiger partial charge in [-0.1, -0.05) is 6.07 Å². The van der Waals surface area contributed by atoms with Gasteiger partial charge >= 0.3 is 0 Å². The molecule has 18 heavy (non-hydrogen) atoms. The SMILES string of the molecule is Cc1ccc(F)cc1S(=O)(=O)NC(C)(CO)CO. The van der Waals surface area contributed by atoms with Gasteiger partial charge in [-0.2, -0.15) is 0 Å². The fourth-order valence-corrected chi connectivity index (χ4v) is 3.00. The molecule has 0 bridgehead atoms. The van der Waals surface area contributed by atoms with Gasteiger partial charge in [0, 0.05) is 0 Å². The largest absolute Gasteiger partial charge is 0.394 e. The highest BCUT2D eigenvalue weighted by atomic mass is 32.2. The van der Waals surface area contributed by atoms with Gasteiger partial charge < -0.3 is 10.2 Å². The minimum absolute atomic E-state index is 0.212. The number of aliphatic hydroxyl groups excluding tert-OH is 2. The lowest BCUT2D eigenvalue weighted by Gasteiger charge is -2.26. The molecule has 0 aliphatic heterocycles. The zero-order valence-electron chi connectivity index (χ0n) is 10.1. The lowest BCUT2D eigenvalue weighted by molar-refractivity contribution is 0.121. The number of hydrogen-bond acceptors (Lipinski definition) is 4. The molecule has 5 nitrogen and oxygen atoms in total. The van der Waals surface area contributed by atoms with E-state index in [0.29, 0.717) is 5.56 Å². The second-order valence-corrected chi connectivity index (χ2v) is 6.04. The maximum absolute atomic E-state index is 13.1. The molecule has 0 heterocycles. The summed E-state index contributed by atoms with van der Waals surface area (Å²) in [7, 11) is -4.01. The molecule has 1 rings (SSSR count). The predicted molar refractivity (Wildman–Crippen MR) is 64.0 cm³/mol. The summed E-state index contributed by atoms with van der Waals surface area (Å²) in [5, 5.41) is 18.1. The van der Waals surface area contributed by atoms with E-state index >= 15 is 0 Å². The summed E-state index contributed by atoms with van der Waals surface area (Å²) in [6.07, 6.45) is 0. The normalized spacial score (nSPS) is 12.7. The molecule has 1 aromatic carbocycles. The first kappa shape index (κ1) is 15.0. The Morgan fingerprint density at radius 3 is 2.39 bits per heavy atom. The maximum Gasteiger partial charge on any atom is 0.241 e. The Kier molecular flexibility index (Phi) is 4.44. The Balaban J connectivity index is 3.18. The van der Waals surface area contributed by atoms with E-state index < -0.39 is 34.6 Å². The van der Waals surface area contributed by atoms with Crippen molar-refractivity contribution in [2.45, 2.75) is 24.3 Å². The minimum Gasteiger partial charge on any atom is -0.394 e. The van der Waals surface area contributed by atoms with Crippen LogP contribution in [0.1, 0.15) is 12.5 Å². The molecule has 0 aliphatic carbocycles. The summed E-state index contributed by atoms with van der Waals surface area (Å²) in [6, 6.07) is 3.40. The molecular weight excluding hydrogens is 261 g/mol. The number of hydrogen-bond donors (Lipinski definition) is 3. The second-order valence-electron chi connectivity index (χ2n) is 4.39. The van der Waals surface area contributed by atoms with Crippen molar-refractivity contribution in [1.82, 2.24) is 4.72 Å². The van der Waals surface area contributed by atoms with E-state index in [0.717, 1.165) is 12.1 Å². The molecule has 7 heteroatoms. The van der Waals surface area contributed by atoms with Gasteiger partial charge in [0.25, 0.3) is 0 Å². The van der Waals surface area contributed by atoms with Crippen molar-refractivity contribution in [3.63, 3.8) is 0 Å². The molecule has 102 valence electrons. The number of rotatable bonds is 5. The molecule has 3 N–H and O–H groups in total. The van der Waals surface area contributed by atoms with Gasteiger partial charge in [-0.05, 0) is 31.5 Å². The number of nitrogens with one attached hydrogen (secondary N) is 1. The van der Waals surface area contributed by atoms with Gasteiger partial charge in [-0.25, -0.2) is 17.5 Å². The molecule has 0 aliphatic rings. The molecular formula is C11H16FNO4S.